The molecule has 0 spiro atoms. The van der Waals surface area contributed by atoms with Crippen molar-refractivity contribution in [2.75, 3.05) is 14.2 Å². The molecule has 0 atom stereocenters. The number of nitrogens with zero attached hydrogens (tertiary/aromatic N) is 3. The number of benzene rings is 3. The van der Waals surface area contributed by atoms with Gasteiger partial charge < -0.3 is 19.4 Å². The van der Waals surface area contributed by atoms with Crippen LogP contribution in [0.5, 0.6) is 11.5 Å². The second kappa shape index (κ2) is 9.22. The van der Waals surface area contributed by atoms with Gasteiger partial charge in [-0.15, -0.1) is 0 Å². The van der Waals surface area contributed by atoms with Crippen LogP contribution >= 0.6 is 0 Å². The first-order valence-electron chi connectivity index (χ1n) is 11.5. The maximum absolute atomic E-state index is 13.6. The normalized spacial score (nSPS) is 11.1. The van der Waals surface area contributed by atoms with Crippen LogP contribution in [0.15, 0.2) is 71.5 Å². The standard InChI is InChI=1S/C28H26N4O4/c1-17-9-11-19(12-10-17)32-28(34)26-24(21-7-5-6-8-22(21)31(26)2)25(30-32)27(33)29-16-18-15-20(35-3)13-14-23(18)36-4/h5-15H,16H2,1-4H3,(H,29,33). The van der Waals surface area contributed by atoms with Crippen molar-refractivity contribution in [3.8, 4) is 17.2 Å². The minimum atomic E-state index is -0.401. The summed E-state index contributed by atoms with van der Waals surface area (Å²) in [5.41, 5.74) is 3.53. The molecular formula is C28H26N4O4. The number of carbonyl (C=O) groups excluding carboxylic acids is 1. The zero-order valence-electron chi connectivity index (χ0n) is 20.5. The van der Waals surface area contributed by atoms with Gasteiger partial charge in [0.15, 0.2) is 5.69 Å². The molecule has 0 aliphatic carbocycles. The van der Waals surface area contributed by atoms with Crippen molar-refractivity contribution >= 4 is 27.7 Å². The third-order valence-electron chi connectivity index (χ3n) is 6.36. The van der Waals surface area contributed by atoms with Crippen molar-refractivity contribution in [2.45, 2.75) is 13.5 Å². The van der Waals surface area contributed by atoms with Crippen molar-refractivity contribution in [1.29, 1.82) is 0 Å². The van der Waals surface area contributed by atoms with Crippen LogP contribution in [-0.2, 0) is 13.6 Å². The molecule has 0 fully saturated rings. The number of hydrogen-bond donors (Lipinski definition) is 1. The number of amides is 1. The molecule has 0 saturated heterocycles. The summed E-state index contributed by atoms with van der Waals surface area (Å²) in [4.78, 5) is 27.2. The summed E-state index contributed by atoms with van der Waals surface area (Å²) in [6.07, 6.45) is 0. The van der Waals surface area contributed by atoms with Crippen molar-refractivity contribution in [1.82, 2.24) is 19.7 Å². The molecule has 0 aliphatic heterocycles. The molecule has 8 nitrogen and oxygen atoms in total. The highest BCUT2D eigenvalue weighted by atomic mass is 16.5. The third-order valence-corrected chi connectivity index (χ3v) is 6.36. The highest BCUT2D eigenvalue weighted by Gasteiger charge is 2.23. The smallest absolute Gasteiger partial charge is 0.296 e. The van der Waals surface area contributed by atoms with Crippen molar-refractivity contribution in [3.05, 3.63) is 93.9 Å². The summed E-state index contributed by atoms with van der Waals surface area (Å²) in [6.45, 7) is 2.16. The van der Waals surface area contributed by atoms with Gasteiger partial charge in [-0.1, -0.05) is 35.9 Å². The fraction of sp³-hybridized carbons (Fsp3) is 0.179. The van der Waals surface area contributed by atoms with Crippen LogP contribution in [-0.4, -0.2) is 34.5 Å². The van der Waals surface area contributed by atoms with Gasteiger partial charge in [-0.3, -0.25) is 9.59 Å². The fourth-order valence-corrected chi connectivity index (χ4v) is 4.48. The Morgan fingerprint density at radius 3 is 2.47 bits per heavy atom. The Hall–Kier alpha value is -4.59. The van der Waals surface area contributed by atoms with Gasteiger partial charge >= 0.3 is 0 Å². The molecule has 3 aromatic carbocycles. The van der Waals surface area contributed by atoms with Crippen LogP contribution in [0.25, 0.3) is 27.5 Å². The summed E-state index contributed by atoms with van der Waals surface area (Å²) in [6, 6.07) is 20.5. The Labute approximate surface area is 207 Å². The molecule has 1 amide bonds. The zero-order valence-corrected chi connectivity index (χ0v) is 20.5. The summed E-state index contributed by atoms with van der Waals surface area (Å²) in [5.74, 6) is 0.883. The Kier molecular flexibility index (Phi) is 5.93. The number of hydrogen-bond acceptors (Lipinski definition) is 5. The van der Waals surface area contributed by atoms with Gasteiger partial charge in [0.2, 0.25) is 0 Å². The molecular weight excluding hydrogens is 456 g/mol. The number of aromatic nitrogens is 3. The lowest BCUT2D eigenvalue weighted by Crippen LogP contribution is -2.30. The first-order chi connectivity index (χ1) is 17.4. The van der Waals surface area contributed by atoms with Gasteiger partial charge in [0.1, 0.15) is 17.0 Å². The Balaban J connectivity index is 1.67. The number of fused-ring (bicyclic) bond motifs is 3. The van der Waals surface area contributed by atoms with E-state index in [-0.39, 0.29) is 17.8 Å². The fourth-order valence-electron chi connectivity index (χ4n) is 4.48. The molecule has 0 radical (unpaired) electrons. The first kappa shape index (κ1) is 23.2. The van der Waals surface area contributed by atoms with E-state index in [0.29, 0.717) is 28.1 Å². The van der Waals surface area contributed by atoms with Gasteiger partial charge in [0.05, 0.1) is 19.9 Å². The first-order valence-corrected chi connectivity index (χ1v) is 11.5. The van der Waals surface area contributed by atoms with Crippen LogP contribution in [0.1, 0.15) is 21.6 Å². The quantitative estimate of drug-likeness (QED) is 0.393. The van der Waals surface area contributed by atoms with Crippen molar-refractivity contribution in [3.63, 3.8) is 0 Å². The molecule has 0 saturated carbocycles. The van der Waals surface area contributed by atoms with Crippen LogP contribution in [0.3, 0.4) is 0 Å². The van der Waals surface area contributed by atoms with E-state index in [1.807, 2.05) is 73.1 Å². The molecule has 0 unspecified atom stereocenters. The highest BCUT2D eigenvalue weighted by Crippen LogP contribution is 2.29. The van der Waals surface area contributed by atoms with E-state index in [9.17, 15) is 9.59 Å². The SMILES string of the molecule is COc1ccc(OC)c(CNC(=O)c2nn(-c3ccc(C)cc3)c(=O)c3c2c2ccccc2n3C)c1. The summed E-state index contributed by atoms with van der Waals surface area (Å²) < 4.78 is 13.9. The van der Waals surface area contributed by atoms with Gasteiger partial charge in [-0.2, -0.15) is 9.78 Å². The highest BCUT2D eigenvalue weighted by molar-refractivity contribution is 6.16. The maximum atomic E-state index is 13.6. The monoisotopic (exact) mass is 482 g/mol. The predicted molar refractivity (Wildman–Crippen MR) is 139 cm³/mol. The minimum Gasteiger partial charge on any atom is -0.497 e. The van der Waals surface area contributed by atoms with Crippen LogP contribution < -0.4 is 20.3 Å². The molecule has 1 N–H and O–H groups in total. The number of rotatable bonds is 6. The van der Waals surface area contributed by atoms with E-state index >= 15 is 0 Å². The second-order valence-electron chi connectivity index (χ2n) is 8.56. The number of carbonyl (C=O) groups is 1. The third kappa shape index (κ3) is 3.86. The van der Waals surface area contributed by atoms with Gasteiger partial charge in [0.25, 0.3) is 11.5 Å². The molecule has 5 rings (SSSR count). The number of aryl methyl sites for hydroxylation is 2. The van der Waals surface area contributed by atoms with Crippen molar-refractivity contribution < 1.29 is 14.3 Å². The second-order valence-corrected chi connectivity index (χ2v) is 8.56. The lowest BCUT2D eigenvalue weighted by Gasteiger charge is -2.13. The van der Waals surface area contributed by atoms with Gasteiger partial charge in [-0.25, -0.2) is 0 Å². The molecule has 5 aromatic rings. The number of para-hydroxylation sites is 1. The van der Waals surface area contributed by atoms with Gasteiger partial charge in [0, 0.05) is 35.4 Å². The minimum absolute atomic E-state index is 0.170. The Morgan fingerprint density at radius 1 is 1.00 bits per heavy atom. The molecule has 2 aromatic heterocycles. The number of nitrogens with one attached hydrogen (secondary N) is 1. The molecule has 8 heteroatoms. The van der Waals surface area contributed by atoms with Gasteiger partial charge in [-0.05, 0) is 43.3 Å². The average molecular weight is 483 g/mol. The van der Waals surface area contributed by atoms with Crippen LogP contribution in [0.4, 0.5) is 0 Å². The van der Waals surface area contributed by atoms with E-state index in [0.717, 1.165) is 22.0 Å². The molecule has 2 heterocycles. The largest absolute Gasteiger partial charge is 0.497 e. The van der Waals surface area contributed by atoms with Crippen LogP contribution in [0, 0.1) is 6.92 Å². The zero-order chi connectivity index (χ0) is 25.4. The number of ether oxygens (including phenoxy) is 2. The Morgan fingerprint density at radius 2 is 1.75 bits per heavy atom. The molecule has 182 valence electrons. The molecule has 36 heavy (non-hydrogen) atoms. The maximum Gasteiger partial charge on any atom is 0.296 e. The van der Waals surface area contributed by atoms with E-state index in [4.69, 9.17) is 9.47 Å². The molecule has 0 bridgehead atoms. The van der Waals surface area contributed by atoms with E-state index in [1.165, 1.54) is 4.68 Å². The lowest BCUT2D eigenvalue weighted by molar-refractivity contribution is 0.0946. The van der Waals surface area contributed by atoms with E-state index in [1.54, 1.807) is 26.4 Å². The summed E-state index contributed by atoms with van der Waals surface area (Å²) in [7, 11) is 4.99. The van der Waals surface area contributed by atoms with Crippen LogP contribution in [0.2, 0.25) is 0 Å². The molecule has 0 aliphatic rings. The summed E-state index contributed by atoms with van der Waals surface area (Å²) >= 11 is 0. The summed E-state index contributed by atoms with van der Waals surface area (Å²) in [5, 5.41) is 8.84. The predicted octanol–water partition coefficient (Wildman–Crippen LogP) is 4.13. The van der Waals surface area contributed by atoms with Crippen molar-refractivity contribution in [2.24, 2.45) is 7.05 Å². The number of methoxy groups -OCH3 is 2. The van der Waals surface area contributed by atoms with E-state index in [2.05, 4.69) is 10.4 Å². The van der Waals surface area contributed by atoms with E-state index < -0.39 is 5.91 Å². The lowest BCUT2D eigenvalue weighted by atomic mass is 10.1. The average Bonchev–Trinajstić information content (AvgIpc) is 3.21. The Bertz CT molecular complexity index is 1670. The topological polar surface area (TPSA) is 87.4 Å².